The van der Waals surface area contributed by atoms with Crippen molar-refractivity contribution in [2.24, 2.45) is 0 Å². The highest BCUT2D eigenvalue weighted by atomic mass is 79.9. The molecule has 120 valence electrons. The first kappa shape index (κ1) is 16.0. The minimum atomic E-state index is -0.0144. The van der Waals surface area contributed by atoms with Gasteiger partial charge in [0, 0.05) is 42.9 Å². The molecule has 1 heterocycles. The molecular formula is C18H20BrN3O. The van der Waals surface area contributed by atoms with Crippen LogP contribution in [0.15, 0.2) is 59.1 Å². The first-order chi connectivity index (χ1) is 11.2. The third-order valence-electron chi connectivity index (χ3n) is 4.00. The second-order valence-electron chi connectivity index (χ2n) is 5.69. The minimum absolute atomic E-state index is 0.0144. The van der Waals surface area contributed by atoms with Gasteiger partial charge in [0.15, 0.2) is 0 Å². The predicted octanol–water partition coefficient (Wildman–Crippen LogP) is 3.80. The van der Waals surface area contributed by atoms with Gasteiger partial charge in [0.2, 0.25) is 0 Å². The van der Waals surface area contributed by atoms with E-state index in [4.69, 9.17) is 0 Å². The summed E-state index contributed by atoms with van der Waals surface area (Å²) in [4.78, 5) is 16.5. The number of rotatable bonds is 3. The summed E-state index contributed by atoms with van der Waals surface area (Å²) >= 11 is 3.46. The van der Waals surface area contributed by atoms with E-state index in [-0.39, 0.29) is 6.03 Å². The molecule has 0 saturated carbocycles. The van der Waals surface area contributed by atoms with Crippen molar-refractivity contribution in [3.05, 3.63) is 64.6 Å². The van der Waals surface area contributed by atoms with Gasteiger partial charge in [0.1, 0.15) is 0 Å². The third-order valence-corrected chi connectivity index (χ3v) is 4.53. The summed E-state index contributed by atoms with van der Waals surface area (Å²) in [6, 6.07) is 18.0. The number of halogens is 1. The molecule has 1 saturated heterocycles. The molecule has 2 aromatic rings. The van der Waals surface area contributed by atoms with Crippen LogP contribution >= 0.6 is 15.9 Å². The zero-order valence-electron chi connectivity index (χ0n) is 12.9. The average Bonchev–Trinajstić information content (AvgIpc) is 2.58. The molecule has 5 heteroatoms. The lowest BCUT2D eigenvalue weighted by Crippen LogP contribution is -2.49. The van der Waals surface area contributed by atoms with Crippen molar-refractivity contribution in [1.82, 2.24) is 9.80 Å². The highest BCUT2D eigenvalue weighted by molar-refractivity contribution is 9.10. The number of hydrogen-bond donors (Lipinski definition) is 1. The molecule has 0 aliphatic carbocycles. The van der Waals surface area contributed by atoms with Crippen LogP contribution in [-0.2, 0) is 6.54 Å². The van der Waals surface area contributed by atoms with E-state index in [1.165, 1.54) is 5.56 Å². The van der Waals surface area contributed by atoms with Crippen LogP contribution in [-0.4, -0.2) is 42.0 Å². The summed E-state index contributed by atoms with van der Waals surface area (Å²) < 4.78 is 1.10. The Morgan fingerprint density at radius 1 is 0.957 bits per heavy atom. The van der Waals surface area contributed by atoms with E-state index < -0.39 is 0 Å². The molecule has 4 nitrogen and oxygen atoms in total. The summed E-state index contributed by atoms with van der Waals surface area (Å²) in [5, 5.41) is 2.95. The maximum Gasteiger partial charge on any atom is 0.321 e. The molecule has 0 unspecified atom stereocenters. The SMILES string of the molecule is O=C(Nc1ccccc1)N1CCN(Cc2ccc(Br)cc2)CC1. The predicted molar refractivity (Wildman–Crippen MR) is 96.5 cm³/mol. The molecule has 0 radical (unpaired) electrons. The Kier molecular flexibility index (Phi) is 5.31. The standard InChI is InChI=1S/C18H20BrN3O/c19-16-8-6-15(7-9-16)14-21-10-12-22(13-11-21)18(23)20-17-4-2-1-3-5-17/h1-9H,10-14H2,(H,20,23). The molecule has 2 aromatic carbocycles. The summed E-state index contributed by atoms with van der Waals surface area (Å²) in [6.07, 6.45) is 0. The summed E-state index contributed by atoms with van der Waals surface area (Å²) in [7, 11) is 0. The van der Waals surface area contributed by atoms with Crippen LogP contribution in [0.5, 0.6) is 0 Å². The topological polar surface area (TPSA) is 35.6 Å². The smallest absolute Gasteiger partial charge is 0.321 e. The molecule has 3 rings (SSSR count). The second kappa shape index (κ2) is 7.62. The number of para-hydroxylation sites is 1. The molecule has 1 aliphatic heterocycles. The molecule has 0 bridgehead atoms. The quantitative estimate of drug-likeness (QED) is 0.887. The first-order valence-corrected chi connectivity index (χ1v) is 8.58. The molecule has 1 fully saturated rings. The van der Waals surface area contributed by atoms with E-state index in [0.29, 0.717) is 0 Å². The van der Waals surface area contributed by atoms with E-state index in [2.05, 4.69) is 50.4 Å². The normalized spacial score (nSPS) is 15.4. The summed E-state index contributed by atoms with van der Waals surface area (Å²) in [6.45, 7) is 4.25. The van der Waals surface area contributed by atoms with Crippen molar-refractivity contribution in [2.45, 2.75) is 6.54 Å². The largest absolute Gasteiger partial charge is 0.322 e. The zero-order chi connectivity index (χ0) is 16.1. The highest BCUT2D eigenvalue weighted by Gasteiger charge is 2.21. The van der Waals surface area contributed by atoms with Gasteiger partial charge in [0.05, 0.1) is 0 Å². The van der Waals surface area contributed by atoms with Gasteiger partial charge in [-0.25, -0.2) is 4.79 Å². The Morgan fingerprint density at radius 3 is 2.26 bits per heavy atom. The van der Waals surface area contributed by atoms with Crippen LogP contribution in [0, 0.1) is 0 Å². The number of urea groups is 1. The van der Waals surface area contributed by atoms with Gasteiger partial charge in [-0.3, -0.25) is 4.90 Å². The monoisotopic (exact) mass is 373 g/mol. The maximum absolute atomic E-state index is 12.3. The van der Waals surface area contributed by atoms with E-state index in [9.17, 15) is 4.79 Å². The van der Waals surface area contributed by atoms with Gasteiger partial charge in [-0.1, -0.05) is 46.3 Å². The Balaban J connectivity index is 1.48. The average molecular weight is 374 g/mol. The Labute approximate surface area is 145 Å². The third kappa shape index (κ3) is 4.56. The zero-order valence-corrected chi connectivity index (χ0v) is 14.5. The molecule has 1 N–H and O–H groups in total. The molecule has 0 spiro atoms. The van der Waals surface area contributed by atoms with Crippen LogP contribution in [0.4, 0.5) is 10.5 Å². The van der Waals surface area contributed by atoms with Gasteiger partial charge in [-0.2, -0.15) is 0 Å². The van der Waals surface area contributed by atoms with Crippen molar-refractivity contribution >= 4 is 27.6 Å². The van der Waals surface area contributed by atoms with Crippen LogP contribution in [0.3, 0.4) is 0 Å². The number of piperazine rings is 1. The molecule has 0 aromatic heterocycles. The van der Waals surface area contributed by atoms with Gasteiger partial charge in [0.25, 0.3) is 0 Å². The number of hydrogen-bond acceptors (Lipinski definition) is 2. The maximum atomic E-state index is 12.3. The fraction of sp³-hybridized carbons (Fsp3) is 0.278. The molecule has 1 aliphatic rings. The van der Waals surface area contributed by atoms with Crippen LogP contribution < -0.4 is 5.32 Å². The van der Waals surface area contributed by atoms with Crippen molar-refractivity contribution < 1.29 is 4.79 Å². The summed E-state index contributed by atoms with van der Waals surface area (Å²) in [5.74, 6) is 0. The fourth-order valence-corrected chi connectivity index (χ4v) is 2.95. The highest BCUT2D eigenvalue weighted by Crippen LogP contribution is 2.14. The minimum Gasteiger partial charge on any atom is -0.322 e. The molecule has 23 heavy (non-hydrogen) atoms. The number of anilines is 1. The van der Waals surface area contributed by atoms with Crippen LogP contribution in [0.1, 0.15) is 5.56 Å². The van der Waals surface area contributed by atoms with E-state index in [0.717, 1.165) is 42.9 Å². The number of benzene rings is 2. The molecule has 2 amide bonds. The lowest BCUT2D eigenvalue weighted by atomic mass is 10.2. The Bertz CT molecular complexity index is 637. The van der Waals surface area contributed by atoms with Crippen molar-refractivity contribution in [3.8, 4) is 0 Å². The van der Waals surface area contributed by atoms with Crippen LogP contribution in [0.25, 0.3) is 0 Å². The van der Waals surface area contributed by atoms with Crippen LogP contribution in [0.2, 0.25) is 0 Å². The molecular weight excluding hydrogens is 354 g/mol. The first-order valence-electron chi connectivity index (χ1n) is 7.78. The van der Waals surface area contributed by atoms with E-state index in [1.54, 1.807) is 0 Å². The van der Waals surface area contributed by atoms with Gasteiger partial charge < -0.3 is 10.2 Å². The van der Waals surface area contributed by atoms with E-state index >= 15 is 0 Å². The number of amides is 2. The fourth-order valence-electron chi connectivity index (χ4n) is 2.68. The second-order valence-corrected chi connectivity index (χ2v) is 6.60. The van der Waals surface area contributed by atoms with Gasteiger partial charge >= 0.3 is 6.03 Å². The lowest BCUT2D eigenvalue weighted by Gasteiger charge is -2.34. The van der Waals surface area contributed by atoms with Gasteiger partial charge in [-0.05, 0) is 29.8 Å². The lowest BCUT2D eigenvalue weighted by molar-refractivity contribution is 0.143. The summed E-state index contributed by atoms with van der Waals surface area (Å²) in [5.41, 5.74) is 2.14. The Hall–Kier alpha value is -1.85. The van der Waals surface area contributed by atoms with Crippen molar-refractivity contribution in [1.29, 1.82) is 0 Å². The molecule has 0 atom stereocenters. The van der Waals surface area contributed by atoms with Crippen molar-refractivity contribution in [3.63, 3.8) is 0 Å². The number of carbonyl (C=O) groups is 1. The van der Waals surface area contributed by atoms with Gasteiger partial charge in [-0.15, -0.1) is 0 Å². The Morgan fingerprint density at radius 2 is 1.61 bits per heavy atom. The number of carbonyl (C=O) groups excluding carboxylic acids is 1. The van der Waals surface area contributed by atoms with Crippen molar-refractivity contribution in [2.75, 3.05) is 31.5 Å². The number of nitrogens with one attached hydrogen (secondary N) is 1. The number of nitrogens with zero attached hydrogens (tertiary/aromatic N) is 2. The van der Waals surface area contributed by atoms with E-state index in [1.807, 2.05) is 35.2 Å².